The van der Waals surface area contributed by atoms with Gasteiger partial charge in [0.1, 0.15) is 0 Å². The lowest BCUT2D eigenvalue weighted by atomic mass is 10.2. The second-order valence-electron chi connectivity index (χ2n) is 3.30. The molecule has 0 aliphatic heterocycles. The van der Waals surface area contributed by atoms with E-state index in [0.29, 0.717) is 11.3 Å². The van der Waals surface area contributed by atoms with Gasteiger partial charge in [-0.05, 0) is 22.7 Å². The smallest absolute Gasteiger partial charge is 0.396 e. The van der Waals surface area contributed by atoms with Crippen LogP contribution in [0.1, 0.15) is 25.7 Å². The molecule has 0 fully saturated rings. The first-order chi connectivity index (χ1) is 7.65. The molecule has 0 radical (unpaired) electrons. The fourth-order valence-corrected chi connectivity index (χ4v) is 1.67. The molecule has 0 saturated carbocycles. The Hall–Kier alpha value is -1.02. The molecule has 0 aliphatic carbocycles. The summed E-state index contributed by atoms with van der Waals surface area (Å²) in [5.74, 6) is -0.387. The minimum atomic E-state index is -0.618. The summed E-state index contributed by atoms with van der Waals surface area (Å²) >= 11 is 3.11. The van der Waals surface area contributed by atoms with Crippen molar-refractivity contribution in [2.24, 2.45) is 0 Å². The second-order valence-corrected chi connectivity index (χ2v) is 4.01. The van der Waals surface area contributed by atoms with Crippen LogP contribution in [0.4, 0.5) is 5.95 Å². The van der Waals surface area contributed by atoms with Crippen LogP contribution in [0.2, 0.25) is 0 Å². The predicted octanol–water partition coefficient (Wildman–Crippen LogP) is 1.50. The Morgan fingerprint density at radius 2 is 2.06 bits per heavy atom. The molecule has 1 heterocycles. The number of hydrogen-bond acceptors (Lipinski definition) is 5. The highest BCUT2D eigenvalue weighted by Crippen LogP contribution is 2.13. The van der Waals surface area contributed by atoms with Crippen LogP contribution in [0.15, 0.2) is 4.73 Å². The Balaban J connectivity index is 2.39. The van der Waals surface area contributed by atoms with Crippen molar-refractivity contribution in [3.05, 3.63) is 14.8 Å². The largest absolute Gasteiger partial charge is 0.492 e. The number of nitrogens with zero attached hydrogens (tertiary/aromatic N) is 4. The molecule has 0 saturated heterocycles. The SMILES string of the molecule is O=[N+]([O-])c1nc(Br)n(CCCCCCO)n1. The van der Waals surface area contributed by atoms with Gasteiger partial charge in [-0.3, -0.25) is 0 Å². The molecule has 7 nitrogen and oxygen atoms in total. The molecular formula is C8H13BrN4O3. The van der Waals surface area contributed by atoms with Gasteiger partial charge in [0.15, 0.2) is 0 Å². The Labute approximate surface area is 101 Å². The van der Waals surface area contributed by atoms with Crippen LogP contribution in [-0.4, -0.2) is 31.4 Å². The molecule has 90 valence electrons. The molecule has 0 atom stereocenters. The van der Waals surface area contributed by atoms with Gasteiger partial charge in [-0.15, -0.1) is 0 Å². The van der Waals surface area contributed by atoms with Crippen LogP contribution in [0.5, 0.6) is 0 Å². The molecule has 0 unspecified atom stereocenters. The topological polar surface area (TPSA) is 94.1 Å². The van der Waals surface area contributed by atoms with Crippen molar-refractivity contribution < 1.29 is 10.0 Å². The molecule has 1 rings (SSSR count). The van der Waals surface area contributed by atoms with Gasteiger partial charge in [0.05, 0.1) is 6.54 Å². The Kier molecular flexibility index (Phi) is 5.33. The van der Waals surface area contributed by atoms with Crippen LogP contribution in [0, 0.1) is 10.1 Å². The number of hydrogen-bond donors (Lipinski definition) is 1. The molecular weight excluding hydrogens is 280 g/mol. The van der Waals surface area contributed by atoms with Gasteiger partial charge in [-0.25, -0.2) is 0 Å². The lowest BCUT2D eigenvalue weighted by Crippen LogP contribution is -2.01. The summed E-state index contributed by atoms with van der Waals surface area (Å²) < 4.78 is 1.85. The van der Waals surface area contributed by atoms with Crippen LogP contribution >= 0.6 is 15.9 Å². The molecule has 1 N–H and O–H groups in total. The number of aryl methyl sites for hydroxylation is 1. The summed E-state index contributed by atoms with van der Waals surface area (Å²) in [4.78, 5) is 13.4. The maximum Gasteiger partial charge on any atom is 0.492 e. The van der Waals surface area contributed by atoms with Gasteiger partial charge in [-0.2, -0.15) is 4.68 Å². The van der Waals surface area contributed by atoms with Crippen LogP contribution in [-0.2, 0) is 6.54 Å². The van der Waals surface area contributed by atoms with Crippen molar-refractivity contribution >= 4 is 21.9 Å². The quantitative estimate of drug-likeness (QED) is 0.467. The Morgan fingerprint density at radius 1 is 1.38 bits per heavy atom. The first-order valence-corrected chi connectivity index (χ1v) is 5.80. The van der Waals surface area contributed by atoms with E-state index >= 15 is 0 Å². The van der Waals surface area contributed by atoms with Crippen molar-refractivity contribution in [3.8, 4) is 0 Å². The predicted molar refractivity (Wildman–Crippen MR) is 59.9 cm³/mol. The van der Waals surface area contributed by atoms with Crippen molar-refractivity contribution in [2.75, 3.05) is 6.61 Å². The molecule has 0 bridgehead atoms. The summed E-state index contributed by atoms with van der Waals surface area (Å²) in [6.45, 7) is 0.797. The van der Waals surface area contributed by atoms with Crippen molar-refractivity contribution in [1.82, 2.24) is 14.8 Å². The fourth-order valence-electron chi connectivity index (χ4n) is 1.26. The van der Waals surface area contributed by atoms with E-state index in [1.54, 1.807) is 0 Å². The number of aromatic nitrogens is 3. The van der Waals surface area contributed by atoms with Gasteiger partial charge in [0.2, 0.25) is 0 Å². The molecule has 16 heavy (non-hydrogen) atoms. The van der Waals surface area contributed by atoms with Crippen LogP contribution < -0.4 is 0 Å². The van der Waals surface area contributed by atoms with E-state index in [1.165, 1.54) is 4.68 Å². The van der Waals surface area contributed by atoms with Crippen LogP contribution in [0.25, 0.3) is 0 Å². The Morgan fingerprint density at radius 3 is 2.62 bits per heavy atom. The normalized spacial score (nSPS) is 10.6. The molecule has 0 spiro atoms. The highest BCUT2D eigenvalue weighted by atomic mass is 79.9. The standard InChI is InChI=1S/C8H13BrN4O3/c9-7-10-8(13(15)16)11-12(7)5-3-1-2-4-6-14/h14H,1-6H2. The number of aliphatic hydroxyl groups is 1. The van der Waals surface area contributed by atoms with E-state index < -0.39 is 4.92 Å². The van der Waals surface area contributed by atoms with E-state index in [0.717, 1.165) is 25.7 Å². The van der Waals surface area contributed by atoms with Gasteiger partial charge in [-0.1, -0.05) is 12.8 Å². The van der Waals surface area contributed by atoms with Crippen molar-refractivity contribution in [3.63, 3.8) is 0 Å². The Bertz CT molecular complexity index is 355. The zero-order valence-electron chi connectivity index (χ0n) is 8.67. The highest BCUT2D eigenvalue weighted by molar-refractivity contribution is 9.10. The minimum absolute atomic E-state index is 0.207. The molecule has 1 aromatic heterocycles. The lowest BCUT2D eigenvalue weighted by Gasteiger charge is -1.98. The van der Waals surface area contributed by atoms with Gasteiger partial charge >= 0.3 is 5.95 Å². The summed E-state index contributed by atoms with van der Waals surface area (Å²) in [6, 6.07) is 0. The average molecular weight is 293 g/mol. The number of nitro groups is 1. The molecule has 0 amide bonds. The summed E-state index contributed by atoms with van der Waals surface area (Å²) in [6.07, 6.45) is 3.56. The zero-order valence-corrected chi connectivity index (χ0v) is 10.3. The highest BCUT2D eigenvalue weighted by Gasteiger charge is 2.18. The first kappa shape index (κ1) is 13.0. The third kappa shape index (κ3) is 3.86. The van der Waals surface area contributed by atoms with Crippen molar-refractivity contribution in [2.45, 2.75) is 32.2 Å². The summed E-state index contributed by atoms with van der Waals surface area (Å²) in [5.41, 5.74) is 0. The second kappa shape index (κ2) is 6.54. The van der Waals surface area contributed by atoms with Crippen LogP contribution in [0.3, 0.4) is 0 Å². The fraction of sp³-hybridized carbons (Fsp3) is 0.750. The third-order valence-corrected chi connectivity index (χ3v) is 2.64. The third-order valence-electron chi connectivity index (χ3n) is 2.06. The van der Waals surface area contributed by atoms with E-state index in [2.05, 4.69) is 26.0 Å². The first-order valence-electron chi connectivity index (χ1n) is 5.00. The number of unbranched alkanes of at least 4 members (excludes halogenated alkanes) is 3. The minimum Gasteiger partial charge on any atom is -0.396 e. The molecule has 1 aromatic rings. The molecule has 8 heteroatoms. The molecule has 0 aliphatic rings. The lowest BCUT2D eigenvalue weighted by molar-refractivity contribution is -0.394. The number of halogens is 1. The summed E-state index contributed by atoms with van der Waals surface area (Å²) in [7, 11) is 0. The van der Waals surface area contributed by atoms with Gasteiger partial charge < -0.3 is 15.2 Å². The van der Waals surface area contributed by atoms with Gasteiger partial charge in [0, 0.05) is 27.6 Å². The number of aliphatic hydroxyl groups excluding tert-OH is 1. The van der Waals surface area contributed by atoms with E-state index in [1.807, 2.05) is 0 Å². The monoisotopic (exact) mass is 292 g/mol. The maximum atomic E-state index is 10.4. The van der Waals surface area contributed by atoms with E-state index in [-0.39, 0.29) is 12.6 Å². The zero-order chi connectivity index (χ0) is 12.0. The van der Waals surface area contributed by atoms with E-state index in [4.69, 9.17) is 5.11 Å². The number of rotatable bonds is 7. The van der Waals surface area contributed by atoms with Gasteiger partial charge in [0.25, 0.3) is 4.73 Å². The molecule has 0 aromatic carbocycles. The van der Waals surface area contributed by atoms with Crippen molar-refractivity contribution in [1.29, 1.82) is 0 Å². The van der Waals surface area contributed by atoms with E-state index in [9.17, 15) is 10.1 Å². The summed E-state index contributed by atoms with van der Waals surface area (Å²) in [5, 5.41) is 22.7. The average Bonchev–Trinajstić information content (AvgIpc) is 2.60. The maximum absolute atomic E-state index is 10.4.